The van der Waals surface area contributed by atoms with E-state index in [1.54, 1.807) is 12.1 Å². The van der Waals surface area contributed by atoms with Gasteiger partial charge in [0.1, 0.15) is 7.14 Å². The fourth-order valence-corrected chi connectivity index (χ4v) is 6.45. The summed E-state index contributed by atoms with van der Waals surface area (Å²) in [6.07, 6.45) is 0.757. The summed E-state index contributed by atoms with van der Waals surface area (Å²) >= 11 is 0. The van der Waals surface area contributed by atoms with E-state index in [-0.39, 0.29) is 11.4 Å². The molecular weight excluding hydrogens is 293 g/mol. The van der Waals surface area contributed by atoms with Crippen LogP contribution in [0, 0.1) is 0 Å². The Hall–Kier alpha value is -1.86. The molecule has 2 aromatic carbocycles. The molecule has 114 valence electrons. The fourth-order valence-electron chi connectivity index (χ4n) is 3.26. The molecule has 0 spiro atoms. The van der Waals surface area contributed by atoms with Crippen molar-refractivity contribution in [1.82, 2.24) is 0 Å². The number of aryl methyl sites for hydroxylation is 1. The molecule has 0 saturated carbocycles. The van der Waals surface area contributed by atoms with E-state index >= 15 is 0 Å². The number of rotatable bonds is 2. The molecule has 0 bridgehead atoms. The first kappa shape index (κ1) is 15.1. The SMILES string of the molecule is CCc1ccc2c(c1N)P(=O)(C(C)C)c1ccccc1C2=O. The van der Waals surface area contributed by atoms with Crippen LogP contribution in [0.4, 0.5) is 5.69 Å². The summed E-state index contributed by atoms with van der Waals surface area (Å²) in [4.78, 5) is 12.8. The molecular formula is C18H20NO2P. The first-order valence-electron chi connectivity index (χ1n) is 7.58. The number of fused-ring (bicyclic) bond motifs is 2. The predicted octanol–water partition coefficient (Wildman–Crippen LogP) is 3.10. The van der Waals surface area contributed by atoms with Crippen LogP contribution < -0.4 is 16.3 Å². The highest BCUT2D eigenvalue weighted by atomic mass is 31.2. The largest absolute Gasteiger partial charge is 0.398 e. The van der Waals surface area contributed by atoms with Crippen molar-refractivity contribution < 1.29 is 9.36 Å². The Morgan fingerprint density at radius 2 is 1.77 bits per heavy atom. The van der Waals surface area contributed by atoms with Crippen molar-refractivity contribution in [2.24, 2.45) is 0 Å². The summed E-state index contributed by atoms with van der Waals surface area (Å²) in [6.45, 7) is 5.89. The van der Waals surface area contributed by atoms with Crippen LogP contribution in [0.1, 0.15) is 42.3 Å². The number of nitrogen functional groups attached to an aromatic ring is 1. The Morgan fingerprint density at radius 1 is 1.09 bits per heavy atom. The van der Waals surface area contributed by atoms with E-state index in [0.29, 0.717) is 27.4 Å². The molecule has 0 fully saturated rings. The van der Waals surface area contributed by atoms with E-state index in [4.69, 9.17) is 5.73 Å². The Balaban J connectivity index is 2.46. The highest BCUT2D eigenvalue weighted by Crippen LogP contribution is 2.54. The van der Waals surface area contributed by atoms with Crippen LogP contribution in [0.2, 0.25) is 0 Å². The monoisotopic (exact) mass is 313 g/mol. The topological polar surface area (TPSA) is 60.2 Å². The zero-order valence-electron chi connectivity index (χ0n) is 13.1. The first-order chi connectivity index (χ1) is 10.4. The Bertz CT molecular complexity index is 824. The van der Waals surface area contributed by atoms with E-state index in [0.717, 1.165) is 12.0 Å². The van der Waals surface area contributed by atoms with Crippen LogP contribution in [0.5, 0.6) is 0 Å². The minimum atomic E-state index is -2.93. The van der Waals surface area contributed by atoms with Gasteiger partial charge in [-0.1, -0.05) is 51.1 Å². The van der Waals surface area contributed by atoms with Crippen molar-refractivity contribution in [1.29, 1.82) is 0 Å². The van der Waals surface area contributed by atoms with Crippen LogP contribution >= 0.6 is 7.14 Å². The third-order valence-electron chi connectivity index (χ3n) is 4.50. The molecule has 3 rings (SSSR count). The van der Waals surface area contributed by atoms with Gasteiger partial charge in [0.25, 0.3) is 0 Å². The van der Waals surface area contributed by atoms with E-state index < -0.39 is 7.14 Å². The summed E-state index contributed by atoms with van der Waals surface area (Å²) < 4.78 is 14.0. The molecule has 0 aromatic heterocycles. The lowest BCUT2D eigenvalue weighted by Gasteiger charge is -2.32. The quantitative estimate of drug-likeness (QED) is 0.684. The Morgan fingerprint density at radius 3 is 2.41 bits per heavy atom. The molecule has 1 unspecified atom stereocenters. The van der Waals surface area contributed by atoms with E-state index in [9.17, 15) is 9.36 Å². The Labute approximate surface area is 130 Å². The molecule has 0 radical (unpaired) electrons. The average Bonchev–Trinajstić information content (AvgIpc) is 2.52. The molecule has 1 atom stereocenters. The second kappa shape index (κ2) is 5.10. The van der Waals surface area contributed by atoms with Gasteiger partial charge in [-0.15, -0.1) is 0 Å². The minimum absolute atomic E-state index is 0.0768. The number of carbonyl (C=O) groups excluding carboxylic acids is 1. The lowest BCUT2D eigenvalue weighted by molar-refractivity contribution is 0.104. The molecule has 0 saturated heterocycles. The molecule has 2 N–H and O–H groups in total. The zero-order chi connectivity index (χ0) is 16.1. The predicted molar refractivity (Wildman–Crippen MR) is 92.1 cm³/mol. The lowest BCUT2D eigenvalue weighted by atomic mass is 9.99. The molecule has 0 aliphatic carbocycles. The van der Waals surface area contributed by atoms with Gasteiger partial charge in [-0.05, 0) is 18.1 Å². The number of anilines is 1. The molecule has 3 nitrogen and oxygen atoms in total. The number of nitrogens with two attached hydrogens (primary N) is 1. The van der Waals surface area contributed by atoms with Gasteiger partial charge in [-0.25, -0.2) is 0 Å². The maximum atomic E-state index is 14.0. The van der Waals surface area contributed by atoms with Gasteiger partial charge in [0.2, 0.25) is 0 Å². The summed E-state index contributed by atoms with van der Waals surface area (Å²) in [7, 11) is -2.93. The molecule has 4 heteroatoms. The van der Waals surface area contributed by atoms with E-state index in [1.807, 2.05) is 45.0 Å². The van der Waals surface area contributed by atoms with Gasteiger partial charge in [0.05, 0.1) is 5.30 Å². The molecule has 1 aliphatic heterocycles. The second-order valence-corrected chi connectivity index (χ2v) is 9.26. The number of hydrogen-bond donors (Lipinski definition) is 1. The maximum Gasteiger partial charge on any atom is 0.194 e. The maximum absolute atomic E-state index is 14.0. The van der Waals surface area contributed by atoms with Gasteiger partial charge in [-0.3, -0.25) is 4.79 Å². The first-order valence-corrected chi connectivity index (χ1v) is 9.36. The lowest BCUT2D eigenvalue weighted by Crippen LogP contribution is -2.37. The molecule has 2 aromatic rings. The van der Waals surface area contributed by atoms with Crippen molar-refractivity contribution in [3.63, 3.8) is 0 Å². The number of carbonyl (C=O) groups is 1. The van der Waals surface area contributed by atoms with Gasteiger partial charge in [0.15, 0.2) is 5.78 Å². The van der Waals surface area contributed by atoms with Crippen LogP contribution in [0.25, 0.3) is 0 Å². The number of benzene rings is 2. The van der Waals surface area contributed by atoms with Crippen LogP contribution in [-0.4, -0.2) is 11.4 Å². The van der Waals surface area contributed by atoms with Crippen molar-refractivity contribution in [3.8, 4) is 0 Å². The fraction of sp³-hybridized carbons (Fsp3) is 0.278. The van der Waals surface area contributed by atoms with Gasteiger partial charge in [-0.2, -0.15) is 0 Å². The van der Waals surface area contributed by atoms with Crippen molar-refractivity contribution in [2.75, 3.05) is 5.73 Å². The highest BCUT2D eigenvalue weighted by Gasteiger charge is 2.43. The number of ketones is 1. The summed E-state index contributed by atoms with van der Waals surface area (Å²) in [5.41, 5.74) is 8.76. The van der Waals surface area contributed by atoms with Crippen LogP contribution in [0.3, 0.4) is 0 Å². The van der Waals surface area contributed by atoms with Crippen LogP contribution in [-0.2, 0) is 11.0 Å². The highest BCUT2D eigenvalue weighted by molar-refractivity contribution is 7.80. The van der Waals surface area contributed by atoms with E-state index in [2.05, 4.69) is 0 Å². The van der Waals surface area contributed by atoms with E-state index in [1.165, 1.54) is 0 Å². The van der Waals surface area contributed by atoms with Gasteiger partial charge >= 0.3 is 0 Å². The Kier molecular flexibility index (Phi) is 3.49. The molecule has 1 heterocycles. The summed E-state index contributed by atoms with van der Waals surface area (Å²) in [5.74, 6) is -0.0768. The summed E-state index contributed by atoms with van der Waals surface area (Å²) in [5, 5.41) is 1.23. The third-order valence-corrected chi connectivity index (χ3v) is 8.21. The normalized spacial score (nSPS) is 19.9. The van der Waals surface area contributed by atoms with Gasteiger partial charge in [0, 0.05) is 27.8 Å². The summed E-state index contributed by atoms with van der Waals surface area (Å²) in [6, 6.07) is 10.9. The second-order valence-electron chi connectivity index (χ2n) is 5.99. The molecule has 1 aliphatic rings. The third kappa shape index (κ3) is 1.82. The van der Waals surface area contributed by atoms with Crippen LogP contribution in [0.15, 0.2) is 36.4 Å². The zero-order valence-corrected chi connectivity index (χ0v) is 14.0. The molecule has 22 heavy (non-hydrogen) atoms. The molecule has 0 amide bonds. The average molecular weight is 313 g/mol. The van der Waals surface area contributed by atoms with Crippen molar-refractivity contribution >= 4 is 29.2 Å². The van der Waals surface area contributed by atoms with Crippen molar-refractivity contribution in [2.45, 2.75) is 32.9 Å². The minimum Gasteiger partial charge on any atom is -0.398 e. The standard InChI is InChI=1S/C18H20NO2P/c1-4-12-9-10-14-17(20)13-7-5-6-8-15(13)22(21,11(2)3)18(14)16(12)19/h5-11H,4,19H2,1-3H3. The number of hydrogen-bond acceptors (Lipinski definition) is 3. The van der Waals surface area contributed by atoms with Crippen molar-refractivity contribution in [3.05, 3.63) is 53.1 Å². The smallest absolute Gasteiger partial charge is 0.194 e. The van der Waals surface area contributed by atoms with Gasteiger partial charge < -0.3 is 10.3 Å².